The quantitative estimate of drug-likeness (QED) is 0.278. The third-order valence-corrected chi connectivity index (χ3v) is 7.85. The van der Waals surface area contributed by atoms with Crippen LogP contribution in [0.25, 0.3) is 0 Å². The second-order valence-corrected chi connectivity index (χ2v) is 9.24. The maximum absolute atomic E-state index is 5.69. The fraction of sp³-hybridized carbons (Fsp3) is 0.250. The lowest BCUT2D eigenvalue weighted by Crippen LogP contribution is -2.59. The molecule has 0 amide bonds. The summed E-state index contributed by atoms with van der Waals surface area (Å²) < 4.78 is 22.7. The molecule has 1 fully saturated rings. The molecule has 1 saturated carbocycles. The summed E-state index contributed by atoms with van der Waals surface area (Å²) in [6.45, 7) is 0. The smallest absolute Gasteiger partial charge is 0.119 e. The molecule has 0 aromatic heterocycles. The lowest BCUT2D eigenvalue weighted by Gasteiger charge is -2.61. The van der Waals surface area contributed by atoms with Gasteiger partial charge in [-0.1, -0.05) is 48.5 Å². The largest absolute Gasteiger partial charge is 0.497 e. The molecule has 4 aromatic rings. The highest BCUT2D eigenvalue weighted by Gasteiger charge is 2.62. The highest BCUT2D eigenvalue weighted by Crippen LogP contribution is 2.66. The normalized spacial score (nSPS) is 15.4. The lowest BCUT2D eigenvalue weighted by molar-refractivity contribution is 0.150. The van der Waals surface area contributed by atoms with Crippen LogP contribution in [0.2, 0.25) is 0 Å². The number of rotatable bonds is 8. The minimum absolute atomic E-state index is 0.380. The SMILES string of the molecule is COc1cccc(C2(c3cccc(OC)c3)CCC2(c2cccc(OC)c2)c2cccc(OC)c2)c1. The van der Waals surface area contributed by atoms with Gasteiger partial charge in [0.1, 0.15) is 23.0 Å². The summed E-state index contributed by atoms with van der Waals surface area (Å²) >= 11 is 0. The first-order chi connectivity index (χ1) is 17.6. The molecule has 0 spiro atoms. The number of ether oxygens (including phenoxy) is 4. The Bertz CT molecular complexity index is 1160. The average molecular weight is 481 g/mol. The first-order valence-electron chi connectivity index (χ1n) is 12.2. The second kappa shape index (κ2) is 9.62. The summed E-state index contributed by atoms with van der Waals surface area (Å²) in [5.41, 5.74) is 4.04. The third kappa shape index (κ3) is 3.60. The van der Waals surface area contributed by atoms with E-state index in [4.69, 9.17) is 18.9 Å². The lowest BCUT2D eigenvalue weighted by atomic mass is 9.40. The zero-order valence-electron chi connectivity index (χ0n) is 21.3. The van der Waals surface area contributed by atoms with Gasteiger partial charge in [0.2, 0.25) is 0 Å². The summed E-state index contributed by atoms with van der Waals surface area (Å²) in [7, 11) is 6.87. The number of hydrogen-bond acceptors (Lipinski definition) is 4. The summed E-state index contributed by atoms with van der Waals surface area (Å²) in [4.78, 5) is 0. The van der Waals surface area contributed by atoms with Crippen molar-refractivity contribution in [3.05, 3.63) is 119 Å². The molecule has 4 aromatic carbocycles. The molecule has 4 nitrogen and oxygen atoms in total. The van der Waals surface area contributed by atoms with Crippen molar-refractivity contribution in [1.29, 1.82) is 0 Å². The van der Waals surface area contributed by atoms with Gasteiger partial charge in [0.25, 0.3) is 0 Å². The Morgan fingerprint density at radius 2 is 0.667 bits per heavy atom. The van der Waals surface area contributed by atoms with Gasteiger partial charge in [0, 0.05) is 10.8 Å². The van der Waals surface area contributed by atoms with Crippen molar-refractivity contribution in [2.45, 2.75) is 23.7 Å². The van der Waals surface area contributed by atoms with Crippen LogP contribution in [0.4, 0.5) is 0 Å². The Balaban J connectivity index is 1.88. The van der Waals surface area contributed by atoms with Gasteiger partial charge in [0.15, 0.2) is 0 Å². The second-order valence-electron chi connectivity index (χ2n) is 9.24. The predicted octanol–water partition coefficient (Wildman–Crippen LogP) is 6.79. The Morgan fingerprint density at radius 1 is 0.417 bits per heavy atom. The number of methoxy groups -OCH3 is 4. The van der Waals surface area contributed by atoms with Gasteiger partial charge < -0.3 is 18.9 Å². The van der Waals surface area contributed by atoms with E-state index >= 15 is 0 Å². The van der Waals surface area contributed by atoms with Gasteiger partial charge in [-0.05, 0) is 83.6 Å². The van der Waals surface area contributed by atoms with Crippen molar-refractivity contribution in [3.8, 4) is 23.0 Å². The zero-order chi connectivity index (χ0) is 25.2. The van der Waals surface area contributed by atoms with Crippen molar-refractivity contribution < 1.29 is 18.9 Å². The van der Waals surface area contributed by atoms with Crippen LogP contribution in [0.3, 0.4) is 0 Å². The molecule has 0 aliphatic heterocycles. The maximum Gasteiger partial charge on any atom is 0.119 e. The number of hydrogen-bond donors (Lipinski definition) is 0. The van der Waals surface area contributed by atoms with Gasteiger partial charge in [-0.3, -0.25) is 0 Å². The predicted molar refractivity (Wildman–Crippen MR) is 143 cm³/mol. The molecule has 184 valence electrons. The molecule has 0 bridgehead atoms. The summed E-state index contributed by atoms with van der Waals surface area (Å²) in [6, 6.07) is 33.9. The molecule has 1 aliphatic rings. The van der Waals surface area contributed by atoms with Crippen molar-refractivity contribution >= 4 is 0 Å². The van der Waals surface area contributed by atoms with Gasteiger partial charge >= 0.3 is 0 Å². The van der Waals surface area contributed by atoms with Crippen LogP contribution in [0.15, 0.2) is 97.1 Å². The average Bonchev–Trinajstić information content (AvgIpc) is 2.93. The highest BCUT2D eigenvalue weighted by atomic mass is 16.5. The topological polar surface area (TPSA) is 36.9 Å². The minimum atomic E-state index is -0.380. The van der Waals surface area contributed by atoms with Crippen molar-refractivity contribution in [1.82, 2.24) is 0 Å². The third-order valence-electron chi connectivity index (χ3n) is 7.85. The molecular formula is C32H32O4. The van der Waals surface area contributed by atoms with Crippen LogP contribution in [0, 0.1) is 0 Å². The van der Waals surface area contributed by atoms with E-state index in [1.165, 1.54) is 22.3 Å². The van der Waals surface area contributed by atoms with Crippen LogP contribution < -0.4 is 18.9 Å². The van der Waals surface area contributed by atoms with Crippen LogP contribution in [-0.2, 0) is 10.8 Å². The number of benzene rings is 4. The molecule has 0 atom stereocenters. The first kappa shape index (κ1) is 23.8. The summed E-state index contributed by atoms with van der Waals surface area (Å²) in [5, 5.41) is 0. The van der Waals surface area contributed by atoms with E-state index in [1.807, 2.05) is 24.3 Å². The van der Waals surface area contributed by atoms with E-state index in [-0.39, 0.29) is 10.8 Å². The van der Waals surface area contributed by atoms with Crippen molar-refractivity contribution in [2.24, 2.45) is 0 Å². The molecule has 0 N–H and O–H groups in total. The minimum Gasteiger partial charge on any atom is -0.497 e. The molecule has 0 unspecified atom stereocenters. The Morgan fingerprint density at radius 3 is 0.861 bits per heavy atom. The fourth-order valence-corrected chi connectivity index (χ4v) is 6.08. The van der Waals surface area contributed by atoms with E-state index in [9.17, 15) is 0 Å². The summed E-state index contributed by atoms with van der Waals surface area (Å²) in [5.74, 6) is 3.36. The van der Waals surface area contributed by atoms with Crippen LogP contribution in [-0.4, -0.2) is 28.4 Å². The molecule has 1 aliphatic carbocycles. The fourth-order valence-electron chi connectivity index (χ4n) is 6.08. The Labute approximate surface area is 213 Å². The van der Waals surface area contributed by atoms with Crippen molar-refractivity contribution in [3.63, 3.8) is 0 Å². The summed E-state index contributed by atoms with van der Waals surface area (Å²) in [6.07, 6.45) is 1.92. The van der Waals surface area contributed by atoms with Gasteiger partial charge in [-0.2, -0.15) is 0 Å². The highest BCUT2D eigenvalue weighted by molar-refractivity contribution is 5.62. The van der Waals surface area contributed by atoms with E-state index in [2.05, 4.69) is 72.8 Å². The zero-order valence-corrected chi connectivity index (χ0v) is 21.3. The van der Waals surface area contributed by atoms with Gasteiger partial charge in [-0.25, -0.2) is 0 Å². The van der Waals surface area contributed by atoms with Crippen LogP contribution >= 0.6 is 0 Å². The standard InChI is InChI=1S/C32H32O4/c1-33-27-13-5-9-23(19-27)31(24-10-6-14-28(20-24)34-2)17-18-32(31,25-11-7-15-29(21-25)35-3)26-12-8-16-30(22-26)36-4/h5-16,19-22H,17-18H2,1-4H3. The molecule has 0 heterocycles. The van der Waals surface area contributed by atoms with E-state index in [0.717, 1.165) is 35.8 Å². The van der Waals surface area contributed by atoms with Crippen LogP contribution in [0.5, 0.6) is 23.0 Å². The molecular weight excluding hydrogens is 448 g/mol. The Kier molecular flexibility index (Phi) is 6.36. The monoisotopic (exact) mass is 480 g/mol. The van der Waals surface area contributed by atoms with Gasteiger partial charge in [-0.15, -0.1) is 0 Å². The van der Waals surface area contributed by atoms with E-state index in [1.54, 1.807) is 28.4 Å². The van der Waals surface area contributed by atoms with Gasteiger partial charge in [0.05, 0.1) is 28.4 Å². The Hall–Kier alpha value is -3.92. The molecule has 36 heavy (non-hydrogen) atoms. The molecule has 5 rings (SSSR count). The molecule has 4 heteroatoms. The first-order valence-corrected chi connectivity index (χ1v) is 12.2. The van der Waals surface area contributed by atoms with Crippen LogP contribution in [0.1, 0.15) is 35.1 Å². The van der Waals surface area contributed by atoms with Crippen molar-refractivity contribution in [2.75, 3.05) is 28.4 Å². The molecule has 0 saturated heterocycles. The molecule has 0 radical (unpaired) electrons. The van der Waals surface area contributed by atoms with E-state index < -0.39 is 0 Å². The van der Waals surface area contributed by atoms with E-state index in [0.29, 0.717) is 0 Å². The maximum atomic E-state index is 5.69.